The maximum absolute atomic E-state index is 7.08. The van der Waals surface area contributed by atoms with Crippen molar-refractivity contribution in [1.82, 2.24) is 14.8 Å². The quantitative estimate of drug-likeness (QED) is 0.275. The van der Waals surface area contributed by atoms with Crippen molar-refractivity contribution >= 4 is 22.5 Å². The zero-order valence-electron chi connectivity index (χ0n) is 20.0. The van der Waals surface area contributed by atoms with Crippen molar-refractivity contribution < 1.29 is 0 Å². The summed E-state index contributed by atoms with van der Waals surface area (Å²) in [5.41, 5.74) is 8.57. The summed E-state index contributed by atoms with van der Waals surface area (Å²) in [6.07, 6.45) is 4.82. The van der Waals surface area contributed by atoms with E-state index in [1.54, 1.807) is 0 Å². The topological polar surface area (TPSA) is 30.7 Å². The van der Waals surface area contributed by atoms with Crippen LogP contribution in [0.15, 0.2) is 85.2 Å². The van der Waals surface area contributed by atoms with Crippen molar-refractivity contribution in [2.45, 2.75) is 32.6 Å². The molecule has 4 heteroatoms. The number of aryl methyl sites for hydroxylation is 3. The highest BCUT2D eigenvalue weighted by Crippen LogP contribution is 2.41. The number of fused-ring (bicyclic) bond motifs is 1. The Morgan fingerprint density at radius 1 is 0.882 bits per heavy atom. The van der Waals surface area contributed by atoms with Crippen LogP contribution in [0.2, 0.25) is 5.02 Å². The molecule has 0 aliphatic heterocycles. The van der Waals surface area contributed by atoms with Crippen molar-refractivity contribution in [3.8, 4) is 0 Å². The molecule has 2 aromatic heterocycles. The SMILES string of the molecule is Cc1ccc(C(C)(c2ccc3nc(C)c(Cc4ccccc4)c(Cl)c3c2)c2cnn(C)c2)cc1. The van der Waals surface area contributed by atoms with Crippen molar-refractivity contribution in [2.75, 3.05) is 0 Å². The molecule has 3 aromatic carbocycles. The third-order valence-corrected chi connectivity index (χ3v) is 7.37. The van der Waals surface area contributed by atoms with Gasteiger partial charge in [-0.25, -0.2) is 0 Å². The van der Waals surface area contributed by atoms with Crippen molar-refractivity contribution in [2.24, 2.45) is 7.05 Å². The Morgan fingerprint density at radius 3 is 2.26 bits per heavy atom. The molecule has 0 aliphatic carbocycles. The Hall–Kier alpha value is -3.43. The van der Waals surface area contributed by atoms with Gasteiger partial charge in [0.2, 0.25) is 0 Å². The van der Waals surface area contributed by atoms with Gasteiger partial charge in [0, 0.05) is 41.7 Å². The summed E-state index contributed by atoms with van der Waals surface area (Å²) in [5.74, 6) is 0. The van der Waals surface area contributed by atoms with Crippen molar-refractivity contribution in [3.05, 3.63) is 129 Å². The third-order valence-electron chi connectivity index (χ3n) is 6.94. The second-order valence-corrected chi connectivity index (χ2v) is 9.66. The fourth-order valence-corrected chi connectivity index (χ4v) is 5.12. The number of benzene rings is 3. The van der Waals surface area contributed by atoms with Gasteiger partial charge in [0.25, 0.3) is 0 Å². The largest absolute Gasteiger partial charge is 0.275 e. The normalized spacial score (nSPS) is 13.2. The van der Waals surface area contributed by atoms with E-state index in [4.69, 9.17) is 16.6 Å². The number of rotatable bonds is 5. The van der Waals surface area contributed by atoms with E-state index in [-0.39, 0.29) is 5.41 Å². The van der Waals surface area contributed by atoms with Crippen LogP contribution in [0.25, 0.3) is 10.9 Å². The number of aromatic nitrogens is 3. The summed E-state index contributed by atoms with van der Waals surface area (Å²) >= 11 is 7.08. The standard InChI is InChI=1S/C30H28ClN3/c1-20-10-12-23(13-11-20)30(3,25-18-32-34(4)19-25)24-14-15-28-27(17-24)29(31)26(21(2)33-28)16-22-8-6-5-7-9-22/h5-15,17-19H,16H2,1-4H3. The number of nitrogens with zero attached hydrogens (tertiary/aromatic N) is 3. The molecule has 34 heavy (non-hydrogen) atoms. The van der Waals surface area contributed by atoms with E-state index in [1.807, 2.05) is 30.9 Å². The fourth-order valence-electron chi connectivity index (χ4n) is 4.76. The molecule has 0 aliphatic rings. The molecule has 1 unspecified atom stereocenters. The third kappa shape index (κ3) is 3.91. The van der Waals surface area contributed by atoms with Crippen LogP contribution in [0.5, 0.6) is 0 Å². The van der Waals surface area contributed by atoms with Gasteiger partial charge in [0.1, 0.15) is 0 Å². The lowest BCUT2D eigenvalue weighted by Crippen LogP contribution is -2.25. The molecule has 0 N–H and O–H groups in total. The van der Waals surface area contributed by atoms with Crippen LogP contribution < -0.4 is 0 Å². The van der Waals surface area contributed by atoms with Gasteiger partial charge >= 0.3 is 0 Å². The number of hydrogen-bond donors (Lipinski definition) is 0. The molecule has 0 saturated carbocycles. The van der Waals surface area contributed by atoms with Crippen molar-refractivity contribution in [1.29, 1.82) is 0 Å². The molecular formula is C30H28ClN3. The highest BCUT2D eigenvalue weighted by molar-refractivity contribution is 6.36. The first-order valence-electron chi connectivity index (χ1n) is 11.6. The minimum absolute atomic E-state index is 0.385. The minimum Gasteiger partial charge on any atom is -0.275 e. The molecule has 0 radical (unpaired) electrons. The van der Waals surface area contributed by atoms with Gasteiger partial charge in [-0.05, 0) is 55.2 Å². The maximum Gasteiger partial charge on any atom is 0.0720 e. The molecule has 0 amide bonds. The molecule has 170 valence electrons. The van der Waals surface area contributed by atoms with E-state index < -0.39 is 0 Å². The van der Waals surface area contributed by atoms with Crippen LogP contribution in [-0.4, -0.2) is 14.8 Å². The molecular weight excluding hydrogens is 438 g/mol. The van der Waals surface area contributed by atoms with Crippen LogP contribution in [0, 0.1) is 13.8 Å². The first kappa shape index (κ1) is 22.4. The van der Waals surface area contributed by atoms with Crippen LogP contribution >= 0.6 is 11.6 Å². The number of pyridine rings is 1. The lowest BCUT2D eigenvalue weighted by atomic mass is 9.72. The fraction of sp³-hybridized carbons (Fsp3) is 0.200. The second kappa shape index (κ2) is 8.73. The molecule has 1 atom stereocenters. The van der Waals surface area contributed by atoms with Crippen LogP contribution in [0.4, 0.5) is 0 Å². The number of halogens is 1. The first-order chi connectivity index (χ1) is 16.4. The van der Waals surface area contributed by atoms with Crippen LogP contribution in [-0.2, 0) is 18.9 Å². The maximum atomic E-state index is 7.08. The van der Waals surface area contributed by atoms with Gasteiger partial charge < -0.3 is 0 Å². The Balaban J connectivity index is 1.70. The second-order valence-electron chi connectivity index (χ2n) is 9.28. The molecule has 0 bridgehead atoms. The van der Waals surface area contributed by atoms with Gasteiger partial charge in [0.15, 0.2) is 0 Å². The predicted molar refractivity (Wildman–Crippen MR) is 141 cm³/mol. The molecule has 0 spiro atoms. The first-order valence-corrected chi connectivity index (χ1v) is 11.9. The zero-order valence-corrected chi connectivity index (χ0v) is 20.8. The predicted octanol–water partition coefficient (Wildman–Crippen LogP) is 7.18. The average Bonchev–Trinajstić information content (AvgIpc) is 3.29. The summed E-state index contributed by atoms with van der Waals surface area (Å²) < 4.78 is 1.86. The van der Waals surface area contributed by atoms with Gasteiger partial charge in [-0.1, -0.05) is 77.8 Å². The molecule has 2 heterocycles. The smallest absolute Gasteiger partial charge is 0.0720 e. The van der Waals surface area contributed by atoms with E-state index in [1.165, 1.54) is 16.7 Å². The summed E-state index contributed by atoms with van der Waals surface area (Å²) in [6, 6.07) is 25.7. The summed E-state index contributed by atoms with van der Waals surface area (Å²) in [7, 11) is 1.96. The van der Waals surface area contributed by atoms with Crippen LogP contribution in [0.1, 0.15) is 46.0 Å². The Bertz CT molecular complexity index is 1470. The van der Waals surface area contributed by atoms with Gasteiger partial charge in [-0.15, -0.1) is 0 Å². The van der Waals surface area contributed by atoms with Gasteiger partial charge in [-0.2, -0.15) is 5.10 Å². The summed E-state index contributed by atoms with van der Waals surface area (Å²) in [5, 5.41) is 6.25. The van der Waals surface area contributed by atoms with E-state index in [2.05, 4.69) is 91.9 Å². The monoisotopic (exact) mass is 465 g/mol. The molecule has 0 fully saturated rings. The van der Waals surface area contributed by atoms with E-state index in [0.717, 1.165) is 44.7 Å². The highest BCUT2D eigenvalue weighted by atomic mass is 35.5. The molecule has 5 rings (SSSR count). The Morgan fingerprint density at radius 2 is 1.59 bits per heavy atom. The summed E-state index contributed by atoms with van der Waals surface area (Å²) in [4.78, 5) is 4.92. The Labute approximate surface area is 206 Å². The van der Waals surface area contributed by atoms with Crippen LogP contribution in [0.3, 0.4) is 0 Å². The molecule has 0 saturated heterocycles. The van der Waals surface area contributed by atoms with E-state index in [9.17, 15) is 0 Å². The average molecular weight is 466 g/mol. The lowest BCUT2D eigenvalue weighted by molar-refractivity contribution is 0.690. The van der Waals surface area contributed by atoms with Crippen molar-refractivity contribution in [3.63, 3.8) is 0 Å². The molecule has 5 aromatic rings. The van der Waals surface area contributed by atoms with E-state index in [0.29, 0.717) is 0 Å². The lowest BCUT2D eigenvalue weighted by Gasteiger charge is -2.31. The van der Waals surface area contributed by atoms with Gasteiger partial charge in [-0.3, -0.25) is 9.67 Å². The van der Waals surface area contributed by atoms with E-state index >= 15 is 0 Å². The Kier molecular flexibility index (Phi) is 5.75. The zero-order chi connectivity index (χ0) is 23.9. The summed E-state index contributed by atoms with van der Waals surface area (Å²) in [6.45, 7) is 6.42. The van der Waals surface area contributed by atoms with Gasteiger partial charge in [0.05, 0.1) is 16.7 Å². The highest BCUT2D eigenvalue weighted by Gasteiger charge is 2.33. The minimum atomic E-state index is -0.385. The molecule has 3 nitrogen and oxygen atoms in total. The number of hydrogen-bond acceptors (Lipinski definition) is 2.